The van der Waals surface area contributed by atoms with E-state index in [1.165, 1.54) is 13.2 Å². The van der Waals surface area contributed by atoms with Gasteiger partial charge in [-0.3, -0.25) is 4.79 Å². The van der Waals surface area contributed by atoms with Crippen LogP contribution in [0.5, 0.6) is 11.5 Å². The van der Waals surface area contributed by atoms with E-state index in [0.717, 1.165) is 31.2 Å². The maximum absolute atomic E-state index is 14.2. The molecular weight excluding hydrogens is 387 g/mol. The molecule has 1 fully saturated rings. The summed E-state index contributed by atoms with van der Waals surface area (Å²) in [5.41, 5.74) is 1.36. The lowest BCUT2D eigenvalue weighted by atomic mass is 9.79. The van der Waals surface area contributed by atoms with E-state index in [9.17, 15) is 14.3 Å². The monoisotopic (exact) mass is 416 g/mol. The van der Waals surface area contributed by atoms with E-state index in [1.807, 2.05) is 12.1 Å². The molecule has 2 aromatic carbocycles. The van der Waals surface area contributed by atoms with Crippen molar-refractivity contribution in [2.45, 2.75) is 44.1 Å². The van der Waals surface area contributed by atoms with E-state index in [-0.39, 0.29) is 18.2 Å². The van der Waals surface area contributed by atoms with Crippen LogP contribution in [0.4, 0.5) is 4.39 Å². The molecule has 1 saturated carbocycles. The Balaban J connectivity index is 1.51. The Morgan fingerprint density at radius 2 is 1.87 bits per heavy atom. The minimum atomic E-state index is -0.922. The average molecular weight is 416 g/mol. The van der Waals surface area contributed by atoms with Gasteiger partial charge >= 0.3 is 5.97 Å². The molecule has 0 amide bonds. The second-order valence-corrected chi connectivity index (χ2v) is 7.78. The van der Waals surface area contributed by atoms with Crippen LogP contribution in [0.15, 0.2) is 42.5 Å². The highest BCUT2D eigenvalue weighted by molar-refractivity contribution is 5.70. The SMILES string of the molecule is COC(=O)C[C@@H](O)c1cccc(OCC2CCC(c3cc(OC)ccc3F)CC2)c1. The molecule has 1 aliphatic rings. The maximum atomic E-state index is 14.2. The number of aliphatic hydroxyl groups excluding tert-OH is 1. The van der Waals surface area contributed by atoms with Gasteiger partial charge in [-0.15, -0.1) is 0 Å². The zero-order valence-electron chi connectivity index (χ0n) is 17.5. The van der Waals surface area contributed by atoms with Crippen LogP contribution in [0.2, 0.25) is 0 Å². The first-order valence-electron chi connectivity index (χ1n) is 10.3. The molecule has 3 rings (SSSR count). The lowest BCUT2D eigenvalue weighted by Crippen LogP contribution is -2.20. The quantitative estimate of drug-likeness (QED) is 0.627. The third-order valence-corrected chi connectivity index (χ3v) is 5.81. The summed E-state index contributed by atoms with van der Waals surface area (Å²) < 4.78 is 30.0. The first-order chi connectivity index (χ1) is 14.5. The van der Waals surface area contributed by atoms with Gasteiger partial charge in [0.1, 0.15) is 17.3 Å². The fourth-order valence-electron chi connectivity index (χ4n) is 3.99. The Morgan fingerprint density at radius 3 is 2.57 bits per heavy atom. The number of rotatable bonds is 8. The molecule has 0 bridgehead atoms. The largest absolute Gasteiger partial charge is 0.497 e. The maximum Gasteiger partial charge on any atom is 0.308 e. The molecular formula is C24H29FO5. The van der Waals surface area contributed by atoms with Crippen LogP contribution in [0.1, 0.15) is 55.3 Å². The normalized spacial score (nSPS) is 19.7. The highest BCUT2D eigenvalue weighted by Gasteiger charge is 2.25. The predicted octanol–water partition coefficient (Wildman–Crippen LogP) is 4.78. The lowest BCUT2D eigenvalue weighted by molar-refractivity contribution is -0.142. The van der Waals surface area contributed by atoms with Crippen molar-refractivity contribution in [2.75, 3.05) is 20.8 Å². The molecule has 0 unspecified atom stereocenters. The number of aliphatic hydroxyl groups is 1. The smallest absolute Gasteiger partial charge is 0.308 e. The van der Waals surface area contributed by atoms with Gasteiger partial charge in [0.15, 0.2) is 0 Å². The summed E-state index contributed by atoms with van der Waals surface area (Å²) in [6, 6.07) is 12.1. The molecule has 30 heavy (non-hydrogen) atoms. The van der Waals surface area contributed by atoms with Gasteiger partial charge in [-0.1, -0.05) is 12.1 Å². The molecule has 162 valence electrons. The predicted molar refractivity (Wildman–Crippen MR) is 111 cm³/mol. The second-order valence-electron chi connectivity index (χ2n) is 7.78. The average Bonchev–Trinajstić information content (AvgIpc) is 2.78. The van der Waals surface area contributed by atoms with Crippen LogP contribution in [0, 0.1) is 11.7 Å². The Hall–Kier alpha value is -2.60. The van der Waals surface area contributed by atoms with Crippen molar-refractivity contribution in [2.24, 2.45) is 5.92 Å². The highest BCUT2D eigenvalue weighted by Crippen LogP contribution is 2.38. The molecule has 6 heteroatoms. The lowest BCUT2D eigenvalue weighted by Gasteiger charge is -2.29. The van der Waals surface area contributed by atoms with Crippen LogP contribution in [0.25, 0.3) is 0 Å². The van der Waals surface area contributed by atoms with Gasteiger partial charge in [0.2, 0.25) is 0 Å². The van der Waals surface area contributed by atoms with E-state index in [1.54, 1.807) is 31.4 Å². The molecule has 2 aromatic rings. The van der Waals surface area contributed by atoms with E-state index in [2.05, 4.69) is 4.74 Å². The number of hydrogen-bond donors (Lipinski definition) is 1. The van der Waals surface area contributed by atoms with Crippen molar-refractivity contribution in [1.82, 2.24) is 0 Å². The molecule has 1 atom stereocenters. The van der Waals surface area contributed by atoms with Crippen molar-refractivity contribution in [3.8, 4) is 11.5 Å². The third kappa shape index (κ3) is 5.72. The van der Waals surface area contributed by atoms with Crippen molar-refractivity contribution in [1.29, 1.82) is 0 Å². The summed E-state index contributed by atoms with van der Waals surface area (Å²) in [4.78, 5) is 11.4. The fourth-order valence-corrected chi connectivity index (χ4v) is 3.99. The Kier molecular flexibility index (Phi) is 7.69. The van der Waals surface area contributed by atoms with Crippen LogP contribution >= 0.6 is 0 Å². The van der Waals surface area contributed by atoms with E-state index in [4.69, 9.17) is 9.47 Å². The zero-order valence-corrected chi connectivity index (χ0v) is 17.5. The first-order valence-corrected chi connectivity index (χ1v) is 10.3. The van der Waals surface area contributed by atoms with Gasteiger partial charge in [0.25, 0.3) is 0 Å². The standard InChI is InChI=1S/C24H29FO5/c1-28-19-10-11-22(25)21(13-19)17-8-6-16(7-9-17)15-30-20-5-3-4-18(12-20)23(26)14-24(27)29-2/h3-5,10-13,16-17,23,26H,6-9,14-15H2,1-2H3/t16?,17?,23-/m1/s1. The second kappa shape index (κ2) is 10.4. The van der Waals surface area contributed by atoms with Gasteiger partial charge in [0, 0.05) is 0 Å². The summed E-state index contributed by atoms with van der Waals surface area (Å²) in [7, 11) is 2.89. The van der Waals surface area contributed by atoms with Crippen LogP contribution in [0.3, 0.4) is 0 Å². The van der Waals surface area contributed by atoms with E-state index in [0.29, 0.717) is 29.6 Å². The van der Waals surface area contributed by atoms with E-state index < -0.39 is 12.1 Å². The molecule has 1 N–H and O–H groups in total. The van der Waals surface area contributed by atoms with Gasteiger partial charge < -0.3 is 19.3 Å². The van der Waals surface area contributed by atoms with Gasteiger partial charge in [-0.05, 0) is 79.0 Å². The van der Waals surface area contributed by atoms with Gasteiger partial charge in [-0.2, -0.15) is 0 Å². The van der Waals surface area contributed by atoms with Gasteiger partial charge in [-0.25, -0.2) is 4.39 Å². The van der Waals surface area contributed by atoms with Crippen molar-refractivity contribution in [3.63, 3.8) is 0 Å². The molecule has 5 nitrogen and oxygen atoms in total. The number of carbonyl (C=O) groups excluding carboxylic acids is 1. The minimum absolute atomic E-state index is 0.0925. The number of benzene rings is 2. The number of esters is 1. The van der Waals surface area contributed by atoms with Crippen LogP contribution in [-0.4, -0.2) is 31.9 Å². The van der Waals surface area contributed by atoms with Crippen molar-refractivity contribution < 1.29 is 28.5 Å². The topological polar surface area (TPSA) is 65.0 Å². The summed E-state index contributed by atoms with van der Waals surface area (Å²) in [5, 5.41) is 10.2. The molecule has 0 saturated heterocycles. The van der Waals surface area contributed by atoms with Gasteiger partial charge in [0.05, 0.1) is 33.4 Å². The molecule has 0 spiro atoms. The third-order valence-electron chi connectivity index (χ3n) is 5.81. The number of carbonyl (C=O) groups is 1. The Bertz CT molecular complexity index is 845. The van der Waals surface area contributed by atoms with Crippen molar-refractivity contribution in [3.05, 3.63) is 59.4 Å². The Labute approximate surface area is 176 Å². The zero-order chi connectivity index (χ0) is 21.5. The number of halogens is 1. The molecule has 0 aromatic heterocycles. The molecule has 0 radical (unpaired) electrons. The van der Waals surface area contributed by atoms with Crippen molar-refractivity contribution >= 4 is 5.97 Å². The summed E-state index contributed by atoms with van der Waals surface area (Å²) in [5.74, 6) is 1.33. The Morgan fingerprint density at radius 1 is 1.10 bits per heavy atom. The number of ether oxygens (including phenoxy) is 3. The highest BCUT2D eigenvalue weighted by atomic mass is 19.1. The summed E-state index contributed by atoms with van der Waals surface area (Å²) >= 11 is 0. The first kappa shape index (κ1) is 22.1. The minimum Gasteiger partial charge on any atom is -0.497 e. The number of hydrogen-bond acceptors (Lipinski definition) is 5. The molecule has 0 aliphatic heterocycles. The fraction of sp³-hybridized carbons (Fsp3) is 0.458. The van der Waals surface area contributed by atoms with E-state index >= 15 is 0 Å². The summed E-state index contributed by atoms with van der Waals surface area (Å²) in [6.45, 7) is 0.573. The number of methoxy groups -OCH3 is 2. The molecule has 0 heterocycles. The summed E-state index contributed by atoms with van der Waals surface area (Å²) in [6.07, 6.45) is 2.74. The van der Waals surface area contributed by atoms with Crippen LogP contribution < -0.4 is 9.47 Å². The molecule has 1 aliphatic carbocycles. The van der Waals surface area contributed by atoms with Crippen LogP contribution in [-0.2, 0) is 9.53 Å².